The summed E-state index contributed by atoms with van der Waals surface area (Å²) in [5.74, 6) is 0.867. The molecule has 0 amide bonds. The quantitative estimate of drug-likeness (QED) is 0.413. The fourth-order valence-corrected chi connectivity index (χ4v) is 2.75. The van der Waals surface area contributed by atoms with Crippen molar-refractivity contribution in [3.05, 3.63) is 35.4 Å². The van der Waals surface area contributed by atoms with Crippen molar-refractivity contribution in [2.75, 3.05) is 46.8 Å². The Balaban J connectivity index is 0.00000288. The molecule has 24 heavy (non-hydrogen) atoms. The van der Waals surface area contributed by atoms with E-state index in [0.717, 1.165) is 45.2 Å². The van der Waals surface area contributed by atoms with Crippen molar-refractivity contribution in [1.82, 2.24) is 20.4 Å². The molecule has 1 aliphatic heterocycles. The van der Waals surface area contributed by atoms with E-state index < -0.39 is 0 Å². The summed E-state index contributed by atoms with van der Waals surface area (Å²) in [6, 6.07) is 9.11. The fourth-order valence-electron chi connectivity index (χ4n) is 2.75. The molecule has 5 nitrogen and oxygen atoms in total. The van der Waals surface area contributed by atoms with E-state index in [1.54, 1.807) is 0 Å². The number of nitrogens with zero attached hydrogens (tertiary/aromatic N) is 3. The van der Waals surface area contributed by atoms with Crippen LogP contribution in [0.2, 0.25) is 0 Å². The van der Waals surface area contributed by atoms with Gasteiger partial charge in [-0.25, -0.2) is 0 Å². The van der Waals surface area contributed by atoms with Gasteiger partial charge in [0.2, 0.25) is 0 Å². The summed E-state index contributed by atoms with van der Waals surface area (Å²) in [6.45, 7) is 10.7. The van der Waals surface area contributed by atoms with Crippen LogP contribution in [0.25, 0.3) is 0 Å². The van der Waals surface area contributed by atoms with E-state index in [-0.39, 0.29) is 24.0 Å². The van der Waals surface area contributed by atoms with Crippen LogP contribution in [-0.2, 0) is 6.54 Å². The molecule has 1 aliphatic rings. The zero-order chi connectivity index (χ0) is 16.7. The minimum Gasteiger partial charge on any atom is -0.355 e. The Morgan fingerprint density at radius 3 is 2.33 bits per heavy atom. The first-order valence-electron chi connectivity index (χ1n) is 8.51. The molecule has 0 radical (unpaired) electrons. The number of hydrogen-bond acceptors (Lipinski definition) is 3. The Morgan fingerprint density at radius 1 is 1.12 bits per heavy atom. The lowest BCUT2D eigenvalue weighted by molar-refractivity contribution is 0.120. The maximum Gasteiger partial charge on any atom is 0.191 e. The van der Waals surface area contributed by atoms with Crippen LogP contribution >= 0.6 is 24.0 Å². The van der Waals surface area contributed by atoms with Crippen molar-refractivity contribution >= 4 is 29.9 Å². The van der Waals surface area contributed by atoms with Gasteiger partial charge in [0.15, 0.2) is 5.96 Å². The largest absolute Gasteiger partial charge is 0.355 e. The van der Waals surface area contributed by atoms with Crippen molar-refractivity contribution < 1.29 is 0 Å². The molecule has 1 fully saturated rings. The Labute approximate surface area is 163 Å². The Bertz CT molecular complexity index is 495. The normalized spacial score (nSPS) is 17.9. The Morgan fingerprint density at radius 2 is 1.75 bits per heavy atom. The van der Waals surface area contributed by atoms with Crippen LogP contribution in [0.5, 0.6) is 0 Å². The molecule has 0 aliphatic carbocycles. The number of rotatable bonds is 5. The number of aryl methyl sites for hydroxylation is 1. The van der Waals surface area contributed by atoms with E-state index >= 15 is 0 Å². The van der Waals surface area contributed by atoms with Gasteiger partial charge < -0.3 is 15.5 Å². The molecule has 1 aromatic carbocycles. The van der Waals surface area contributed by atoms with Crippen LogP contribution in [0.15, 0.2) is 29.3 Å². The van der Waals surface area contributed by atoms with Gasteiger partial charge in [0.25, 0.3) is 0 Å². The van der Waals surface area contributed by atoms with Crippen molar-refractivity contribution in [3.63, 3.8) is 0 Å². The first kappa shape index (κ1) is 21.2. The molecule has 1 saturated heterocycles. The number of halogens is 1. The van der Waals surface area contributed by atoms with Gasteiger partial charge in [-0.1, -0.05) is 29.8 Å². The molecular formula is C18H32IN5. The molecule has 1 atom stereocenters. The number of piperazine rings is 1. The van der Waals surface area contributed by atoms with Crippen LogP contribution in [-0.4, -0.2) is 68.6 Å². The zero-order valence-corrected chi connectivity index (χ0v) is 17.7. The molecule has 0 aromatic heterocycles. The number of nitrogens with one attached hydrogen (secondary N) is 2. The van der Waals surface area contributed by atoms with Gasteiger partial charge >= 0.3 is 0 Å². The average molecular weight is 445 g/mol. The first-order valence-corrected chi connectivity index (χ1v) is 8.51. The van der Waals surface area contributed by atoms with Gasteiger partial charge in [0, 0.05) is 52.4 Å². The highest BCUT2D eigenvalue weighted by molar-refractivity contribution is 14.0. The molecule has 0 bridgehead atoms. The van der Waals surface area contributed by atoms with Gasteiger partial charge in [-0.2, -0.15) is 0 Å². The standard InChI is InChI=1S/C18H31N5.HI/c1-15-5-7-17(8-6-15)14-21-18(19-3)20-13-16(2)23-11-9-22(4)10-12-23;/h5-8,16H,9-14H2,1-4H3,(H2,19,20,21);1H. The van der Waals surface area contributed by atoms with E-state index in [1.807, 2.05) is 7.05 Å². The highest BCUT2D eigenvalue weighted by Gasteiger charge is 2.18. The average Bonchev–Trinajstić information content (AvgIpc) is 2.57. The molecule has 0 saturated carbocycles. The number of benzene rings is 1. The summed E-state index contributed by atoms with van der Waals surface area (Å²) in [5, 5.41) is 6.83. The van der Waals surface area contributed by atoms with Gasteiger partial charge in [-0.05, 0) is 26.5 Å². The highest BCUT2D eigenvalue weighted by Crippen LogP contribution is 2.04. The molecule has 136 valence electrons. The van der Waals surface area contributed by atoms with E-state index in [4.69, 9.17) is 0 Å². The van der Waals surface area contributed by atoms with Gasteiger partial charge in [0.1, 0.15) is 0 Å². The Kier molecular flexibility index (Phi) is 9.61. The molecule has 2 N–H and O–H groups in total. The van der Waals surface area contributed by atoms with Crippen LogP contribution in [0.3, 0.4) is 0 Å². The summed E-state index contributed by atoms with van der Waals surface area (Å²) in [4.78, 5) is 9.25. The van der Waals surface area contributed by atoms with Crippen molar-refractivity contribution in [1.29, 1.82) is 0 Å². The molecule has 2 rings (SSSR count). The molecule has 1 heterocycles. The lowest BCUT2D eigenvalue weighted by Gasteiger charge is -2.36. The monoisotopic (exact) mass is 445 g/mol. The Hall–Kier alpha value is -0.860. The topological polar surface area (TPSA) is 42.9 Å². The predicted molar refractivity (Wildman–Crippen MR) is 113 cm³/mol. The smallest absolute Gasteiger partial charge is 0.191 e. The summed E-state index contributed by atoms with van der Waals surface area (Å²) in [6.07, 6.45) is 0. The third-order valence-electron chi connectivity index (χ3n) is 4.53. The SMILES string of the molecule is CN=C(NCc1ccc(C)cc1)NCC(C)N1CCN(C)CC1.I. The minimum absolute atomic E-state index is 0. The maximum absolute atomic E-state index is 4.32. The third kappa shape index (κ3) is 6.94. The fraction of sp³-hybridized carbons (Fsp3) is 0.611. The molecule has 0 spiro atoms. The second-order valence-electron chi connectivity index (χ2n) is 6.48. The summed E-state index contributed by atoms with van der Waals surface area (Å²) >= 11 is 0. The van der Waals surface area contributed by atoms with Crippen molar-refractivity contribution in [2.24, 2.45) is 4.99 Å². The second-order valence-corrected chi connectivity index (χ2v) is 6.48. The van der Waals surface area contributed by atoms with Gasteiger partial charge in [-0.3, -0.25) is 9.89 Å². The molecule has 1 unspecified atom stereocenters. The lowest BCUT2D eigenvalue weighted by atomic mass is 10.1. The van der Waals surface area contributed by atoms with Gasteiger partial charge in [0.05, 0.1) is 0 Å². The number of likely N-dealkylation sites (N-methyl/N-ethyl adjacent to an activating group) is 1. The van der Waals surface area contributed by atoms with Crippen LogP contribution in [0, 0.1) is 6.92 Å². The summed E-state index contributed by atoms with van der Waals surface area (Å²) < 4.78 is 0. The second kappa shape index (κ2) is 10.9. The van der Waals surface area contributed by atoms with Gasteiger partial charge in [-0.15, -0.1) is 24.0 Å². The van der Waals surface area contributed by atoms with Crippen molar-refractivity contribution in [3.8, 4) is 0 Å². The van der Waals surface area contributed by atoms with E-state index in [9.17, 15) is 0 Å². The van der Waals surface area contributed by atoms with Crippen LogP contribution in [0.4, 0.5) is 0 Å². The lowest BCUT2D eigenvalue weighted by Crippen LogP contribution is -2.52. The van der Waals surface area contributed by atoms with Crippen molar-refractivity contribution in [2.45, 2.75) is 26.4 Å². The molecule has 1 aromatic rings. The minimum atomic E-state index is 0. The molecular weight excluding hydrogens is 413 g/mol. The van der Waals surface area contributed by atoms with Crippen LogP contribution < -0.4 is 10.6 Å². The van der Waals surface area contributed by atoms with E-state index in [2.05, 4.69) is 70.6 Å². The zero-order valence-electron chi connectivity index (χ0n) is 15.4. The number of aliphatic imine (C=N–C) groups is 1. The number of guanidine groups is 1. The van der Waals surface area contributed by atoms with E-state index in [1.165, 1.54) is 11.1 Å². The molecule has 6 heteroatoms. The number of hydrogen-bond donors (Lipinski definition) is 2. The first-order chi connectivity index (χ1) is 11.1. The summed E-state index contributed by atoms with van der Waals surface area (Å²) in [7, 11) is 4.02. The third-order valence-corrected chi connectivity index (χ3v) is 4.53. The maximum atomic E-state index is 4.32. The summed E-state index contributed by atoms with van der Waals surface area (Å²) in [5.41, 5.74) is 2.56. The van der Waals surface area contributed by atoms with E-state index in [0.29, 0.717) is 6.04 Å². The predicted octanol–water partition coefficient (Wildman–Crippen LogP) is 1.91. The van der Waals surface area contributed by atoms with Crippen LogP contribution in [0.1, 0.15) is 18.1 Å². The highest BCUT2D eigenvalue weighted by atomic mass is 127.